The van der Waals surface area contributed by atoms with Crippen molar-refractivity contribution in [1.29, 1.82) is 5.26 Å². The third kappa shape index (κ3) is 5.55. The lowest BCUT2D eigenvalue weighted by atomic mass is 9.73. The molecule has 0 N–H and O–H groups in total. The molecule has 1 aliphatic heterocycles. The summed E-state index contributed by atoms with van der Waals surface area (Å²) in [6.45, 7) is 0.960. The number of hydrogen-bond donors (Lipinski definition) is 0. The van der Waals surface area contributed by atoms with Crippen molar-refractivity contribution in [3.05, 3.63) is 59.3 Å². The van der Waals surface area contributed by atoms with E-state index in [4.69, 9.17) is 21.0 Å². The summed E-state index contributed by atoms with van der Waals surface area (Å²) < 4.78 is 30.3. The number of nitriles is 1. The molecular formula is C31H32ClN3O4S. The van der Waals surface area contributed by atoms with Gasteiger partial charge in [-0.3, -0.25) is 4.79 Å². The number of rotatable bonds is 7. The quantitative estimate of drug-likeness (QED) is 0.318. The third-order valence-electron chi connectivity index (χ3n) is 8.71. The first kappa shape index (κ1) is 27.0. The van der Waals surface area contributed by atoms with Gasteiger partial charge in [0.1, 0.15) is 17.2 Å². The molecule has 3 aromatic rings. The summed E-state index contributed by atoms with van der Waals surface area (Å²) in [4.78, 5) is 20.6. The molecular weight excluding hydrogens is 546 g/mol. The van der Waals surface area contributed by atoms with Gasteiger partial charge in [-0.15, -0.1) is 0 Å². The van der Waals surface area contributed by atoms with E-state index in [0.29, 0.717) is 30.4 Å². The lowest BCUT2D eigenvalue weighted by Gasteiger charge is -2.30. The number of sulfone groups is 1. The Balaban J connectivity index is 1.35. The van der Waals surface area contributed by atoms with Crippen molar-refractivity contribution in [2.45, 2.75) is 50.9 Å². The molecule has 2 atom stereocenters. The Morgan fingerprint density at radius 1 is 1.02 bits per heavy atom. The molecule has 40 heavy (non-hydrogen) atoms. The van der Waals surface area contributed by atoms with Gasteiger partial charge in [0.05, 0.1) is 23.0 Å². The maximum atomic E-state index is 13.5. The lowest BCUT2D eigenvalue weighted by molar-refractivity contribution is -0.125. The van der Waals surface area contributed by atoms with Gasteiger partial charge in [-0.1, -0.05) is 36.6 Å². The van der Waals surface area contributed by atoms with Gasteiger partial charge in [0.2, 0.25) is 5.89 Å². The highest BCUT2D eigenvalue weighted by molar-refractivity contribution is 7.91. The molecule has 7 nitrogen and oxygen atoms in total. The Kier molecular flexibility index (Phi) is 7.22. The second-order valence-corrected chi connectivity index (χ2v) is 14.2. The second kappa shape index (κ2) is 10.7. The van der Waals surface area contributed by atoms with E-state index in [1.165, 1.54) is 0 Å². The summed E-state index contributed by atoms with van der Waals surface area (Å²) in [5, 5.41) is 10.2. The maximum Gasteiger partial charge on any atom is 0.226 e. The van der Waals surface area contributed by atoms with E-state index in [9.17, 15) is 18.5 Å². The molecule has 0 radical (unpaired) electrons. The predicted octanol–water partition coefficient (Wildman–Crippen LogP) is 6.43. The highest BCUT2D eigenvalue weighted by atomic mass is 35.5. The van der Waals surface area contributed by atoms with Crippen LogP contribution in [-0.2, 0) is 14.6 Å². The van der Waals surface area contributed by atoms with Gasteiger partial charge in [0.15, 0.2) is 9.84 Å². The predicted molar refractivity (Wildman–Crippen MR) is 155 cm³/mol. The van der Waals surface area contributed by atoms with Crippen molar-refractivity contribution in [2.24, 2.45) is 11.3 Å². The third-order valence-corrected chi connectivity index (χ3v) is 10.6. The van der Waals surface area contributed by atoms with E-state index in [2.05, 4.69) is 11.0 Å². The van der Waals surface area contributed by atoms with Crippen LogP contribution in [0.15, 0.2) is 52.9 Å². The number of hydrogen-bond acceptors (Lipinski definition) is 7. The van der Waals surface area contributed by atoms with Crippen molar-refractivity contribution >= 4 is 32.9 Å². The zero-order valence-electron chi connectivity index (χ0n) is 22.3. The number of halogens is 1. The first-order valence-electron chi connectivity index (χ1n) is 14.0. The fourth-order valence-corrected chi connectivity index (χ4v) is 7.41. The zero-order chi connectivity index (χ0) is 27.9. The minimum absolute atomic E-state index is 0.105. The largest absolute Gasteiger partial charge is 0.440 e. The Labute approximate surface area is 240 Å². The number of benzene rings is 2. The van der Waals surface area contributed by atoms with Crippen LogP contribution in [0.2, 0.25) is 5.02 Å². The normalized spacial score (nSPS) is 23.4. The number of carbonyl (C=O) groups excluding carboxylic acids is 1. The van der Waals surface area contributed by atoms with Crippen molar-refractivity contribution in [3.8, 4) is 28.8 Å². The molecule has 3 fully saturated rings. The average Bonchev–Trinajstić information content (AvgIpc) is 3.60. The van der Waals surface area contributed by atoms with Crippen molar-refractivity contribution in [3.63, 3.8) is 0 Å². The maximum absolute atomic E-state index is 13.5. The van der Waals surface area contributed by atoms with Crippen molar-refractivity contribution < 1.29 is 17.6 Å². The molecule has 6 rings (SSSR count). The molecule has 2 aromatic carbocycles. The van der Waals surface area contributed by atoms with Crippen molar-refractivity contribution in [1.82, 2.24) is 4.98 Å². The van der Waals surface area contributed by atoms with Crippen LogP contribution >= 0.6 is 11.6 Å². The fraction of sp³-hybridized carbons (Fsp3) is 0.452. The molecule has 0 bridgehead atoms. The molecule has 0 spiro atoms. The minimum Gasteiger partial charge on any atom is -0.440 e. The average molecular weight is 578 g/mol. The first-order chi connectivity index (χ1) is 19.3. The van der Waals surface area contributed by atoms with Crippen LogP contribution in [0.1, 0.15) is 56.6 Å². The van der Waals surface area contributed by atoms with Crippen LogP contribution in [0.5, 0.6) is 0 Å². The van der Waals surface area contributed by atoms with Gasteiger partial charge >= 0.3 is 0 Å². The summed E-state index contributed by atoms with van der Waals surface area (Å²) in [5.74, 6) is 1.40. The van der Waals surface area contributed by atoms with Crippen LogP contribution in [0.25, 0.3) is 22.7 Å². The highest BCUT2D eigenvalue weighted by Gasteiger charge is 2.47. The Morgan fingerprint density at radius 3 is 2.33 bits per heavy atom. The fourth-order valence-electron chi connectivity index (χ4n) is 6.08. The van der Waals surface area contributed by atoms with Gasteiger partial charge in [0, 0.05) is 53.2 Å². The summed E-state index contributed by atoms with van der Waals surface area (Å²) >= 11 is 6.12. The topological polar surface area (TPSA) is 104 Å². The minimum atomic E-state index is -2.96. The lowest BCUT2D eigenvalue weighted by Crippen LogP contribution is -2.40. The van der Waals surface area contributed by atoms with E-state index in [1.54, 1.807) is 12.1 Å². The summed E-state index contributed by atoms with van der Waals surface area (Å²) in [6.07, 6.45) is 5.53. The van der Waals surface area contributed by atoms with E-state index in [1.807, 2.05) is 36.4 Å². The number of anilines is 1. The Bertz CT molecular complexity index is 1540. The van der Waals surface area contributed by atoms with Crippen LogP contribution < -0.4 is 4.90 Å². The molecule has 3 aliphatic rings. The molecule has 208 valence electrons. The number of nitrogens with zero attached hydrogens (tertiary/aromatic N) is 3. The SMILES string of the molecule is N#CC1(CC(=O)[C@@H]2CCCC[C@H]2c2oc(-c3ccc(Cl)cc3)nc2-c2ccc(N3CCS(=O)(=O)CC3)cc2)CC1. The highest BCUT2D eigenvalue weighted by Crippen LogP contribution is 2.51. The molecule has 0 unspecified atom stereocenters. The van der Waals surface area contributed by atoms with Gasteiger partial charge < -0.3 is 9.32 Å². The monoisotopic (exact) mass is 577 g/mol. The van der Waals surface area contributed by atoms with Crippen LogP contribution in [-0.4, -0.2) is 43.8 Å². The smallest absolute Gasteiger partial charge is 0.226 e. The second-order valence-electron chi connectivity index (χ2n) is 11.5. The van der Waals surface area contributed by atoms with Gasteiger partial charge in [0.25, 0.3) is 0 Å². The molecule has 1 aromatic heterocycles. The van der Waals surface area contributed by atoms with E-state index in [0.717, 1.165) is 66.8 Å². The summed E-state index contributed by atoms with van der Waals surface area (Å²) in [6, 6.07) is 17.7. The molecule has 2 heterocycles. The van der Waals surface area contributed by atoms with E-state index in [-0.39, 0.29) is 29.1 Å². The molecule has 2 aliphatic carbocycles. The number of Topliss-reactive ketones (excluding diaryl/α,β-unsaturated/α-hetero) is 1. The van der Waals surface area contributed by atoms with Crippen LogP contribution in [0.4, 0.5) is 5.69 Å². The van der Waals surface area contributed by atoms with E-state index < -0.39 is 15.3 Å². The Hall–Kier alpha value is -3.15. The molecule has 2 saturated carbocycles. The molecule has 9 heteroatoms. The van der Waals surface area contributed by atoms with Gasteiger partial charge in [-0.05, 0) is 62.1 Å². The number of carbonyl (C=O) groups is 1. The molecule has 1 saturated heterocycles. The van der Waals surface area contributed by atoms with Crippen LogP contribution in [0, 0.1) is 22.7 Å². The van der Waals surface area contributed by atoms with E-state index >= 15 is 0 Å². The zero-order valence-corrected chi connectivity index (χ0v) is 23.9. The summed E-state index contributed by atoms with van der Waals surface area (Å²) in [5.41, 5.74) is 2.92. The number of oxazole rings is 1. The van der Waals surface area contributed by atoms with Crippen molar-refractivity contribution in [2.75, 3.05) is 29.5 Å². The number of ketones is 1. The summed E-state index contributed by atoms with van der Waals surface area (Å²) in [7, 11) is -2.96. The molecule has 0 amide bonds. The van der Waals surface area contributed by atoms with Gasteiger partial charge in [-0.2, -0.15) is 5.26 Å². The Morgan fingerprint density at radius 2 is 1.68 bits per heavy atom. The standard InChI is InChI=1S/C31H32ClN3O4S/c32-23-9-5-22(6-10-23)30-34-28(21-7-11-24(12-8-21)35-15-17-40(37,38)18-16-35)29(39-30)26-4-2-1-3-25(26)27(36)19-31(20-33)13-14-31/h5-12,25-26H,1-4,13-19H2/t25-,26-/m1/s1. The van der Waals surface area contributed by atoms with Crippen LogP contribution in [0.3, 0.4) is 0 Å². The van der Waals surface area contributed by atoms with Gasteiger partial charge in [-0.25, -0.2) is 13.4 Å². The first-order valence-corrected chi connectivity index (χ1v) is 16.2. The number of aromatic nitrogens is 1.